The summed E-state index contributed by atoms with van der Waals surface area (Å²) < 4.78 is 5.97. The van der Waals surface area contributed by atoms with Gasteiger partial charge in [0.05, 0.1) is 28.3 Å². The fourth-order valence-electron chi connectivity index (χ4n) is 3.59. The van der Waals surface area contributed by atoms with Crippen LogP contribution in [0.4, 0.5) is 11.4 Å². The number of hydrogen-bond donors (Lipinski definition) is 1. The minimum absolute atomic E-state index is 0.0146. The largest absolute Gasteiger partial charge is 0.490 e. The Bertz CT molecular complexity index is 1170. The van der Waals surface area contributed by atoms with Crippen molar-refractivity contribution in [3.63, 3.8) is 0 Å². The minimum Gasteiger partial charge on any atom is -0.490 e. The van der Waals surface area contributed by atoms with Gasteiger partial charge >= 0.3 is 0 Å². The van der Waals surface area contributed by atoms with E-state index in [1.54, 1.807) is 23.1 Å². The molecule has 166 valence electrons. The molecule has 1 aliphatic rings. The van der Waals surface area contributed by atoms with Crippen LogP contribution in [0.1, 0.15) is 44.6 Å². The molecule has 0 bridgehead atoms. The number of benzene rings is 2. The zero-order valence-electron chi connectivity index (χ0n) is 18.9. The lowest BCUT2D eigenvalue weighted by Gasteiger charge is -2.28. The second kappa shape index (κ2) is 8.57. The van der Waals surface area contributed by atoms with Crippen LogP contribution in [0, 0.1) is 11.3 Å². The highest BCUT2D eigenvalue weighted by atomic mass is 16.5. The molecule has 1 aromatic heterocycles. The smallest absolute Gasteiger partial charge is 0.275 e. The van der Waals surface area contributed by atoms with Gasteiger partial charge in [-0.3, -0.25) is 14.6 Å². The van der Waals surface area contributed by atoms with Crippen molar-refractivity contribution in [3.8, 4) is 5.75 Å². The highest BCUT2D eigenvalue weighted by Crippen LogP contribution is 2.38. The third-order valence-corrected chi connectivity index (χ3v) is 5.53. The molecule has 32 heavy (non-hydrogen) atoms. The lowest BCUT2D eigenvalue weighted by Crippen LogP contribution is -2.42. The van der Waals surface area contributed by atoms with E-state index in [1.807, 2.05) is 38.1 Å². The van der Waals surface area contributed by atoms with Gasteiger partial charge in [0, 0.05) is 12.2 Å². The molecule has 0 aliphatic carbocycles. The maximum atomic E-state index is 13.3. The highest BCUT2D eigenvalue weighted by molar-refractivity contribution is 6.05. The molecule has 0 fully saturated rings. The number of ether oxygens (including phenoxy) is 1. The normalized spacial score (nSPS) is 15.3. The first-order valence-corrected chi connectivity index (χ1v) is 10.9. The van der Waals surface area contributed by atoms with E-state index in [9.17, 15) is 9.59 Å². The van der Waals surface area contributed by atoms with Crippen molar-refractivity contribution in [1.29, 1.82) is 0 Å². The quantitative estimate of drug-likeness (QED) is 0.633. The summed E-state index contributed by atoms with van der Waals surface area (Å²) in [6.45, 7) is 8.94. The van der Waals surface area contributed by atoms with Crippen molar-refractivity contribution in [2.24, 2.45) is 11.3 Å². The number of nitrogens with one attached hydrogen (secondary N) is 1. The lowest BCUT2D eigenvalue weighted by atomic mass is 9.92. The Morgan fingerprint density at radius 3 is 2.69 bits per heavy atom. The van der Waals surface area contributed by atoms with Crippen LogP contribution in [0.3, 0.4) is 0 Å². The summed E-state index contributed by atoms with van der Waals surface area (Å²) in [6, 6.07) is 12.8. The number of nitrogens with zero attached hydrogens (tertiary/aromatic N) is 3. The Hall–Kier alpha value is -3.48. The van der Waals surface area contributed by atoms with E-state index < -0.39 is 5.41 Å². The van der Waals surface area contributed by atoms with Gasteiger partial charge in [0.25, 0.3) is 5.91 Å². The number of rotatable bonds is 5. The van der Waals surface area contributed by atoms with Crippen molar-refractivity contribution in [3.05, 3.63) is 54.4 Å². The molecule has 0 atom stereocenters. The van der Waals surface area contributed by atoms with Crippen LogP contribution in [0.2, 0.25) is 0 Å². The third-order valence-electron chi connectivity index (χ3n) is 5.53. The van der Waals surface area contributed by atoms with Crippen molar-refractivity contribution >= 4 is 34.2 Å². The number of carbonyl (C=O) groups excluding carboxylic acids is 2. The molecule has 7 nitrogen and oxygen atoms in total. The van der Waals surface area contributed by atoms with Gasteiger partial charge in [-0.1, -0.05) is 26.0 Å². The first kappa shape index (κ1) is 21.7. The van der Waals surface area contributed by atoms with Crippen molar-refractivity contribution in [2.45, 2.75) is 34.1 Å². The molecule has 2 amide bonds. The average Bonchev–Trinajstić information content (AvgIpc) is 2.86. The van der Waals surface area contributed by atoms with E-state index in [1.165, 1.54) is 6.20 Å². The first-order valence-electron chi connectivity index (χ1n) is 10.9. The first-order chi connectivity index (χ1) is 15.2. The van der Waals surface area contributed by atoms with Crippen LogP contribution < -0.4 is 15.0 Å². The molecule has 2 aromatic carbocycles. The van der Waals surface area contributed by atoms with Crippen molar-refractivity contribution in [1.82, 2.24) is 9.97 Å². The molecule has 0 spiro atoms. The van der Waals surface area contributed by atoms with E-state index in [0.29, 0.717) is 41.7 Å². The van der Waals surface area contributed by atoms with Gasteiger partial charge in [-0.2, -0.15) is 0 Å². The van der Waals surface area contributed by atoms with Crippen LogP contribution in [0.25, 0.3) is 11.0 Å². The number of para-hydroxylation sites is 2. The van der Waals surface area contributed by atoms with Gasteiger partial charge in [0.1, 0.15) is 18.1 Å². The van der Waals surface area contributed by atoms with Gasteiger partial charge < -0.3 is 15.0 Å². The molecule has 4 rings (SSSR count). The van der Waals surface area contributed by atoms with Gasteiger partial charge in [-0.15, -0.1) is 0 Å². The molecule has 0 saturated carbocycles. The molecule has 7 heteroatoms. The van der Waals surface area contributed by atoms with Crippen LogP contribution in [0.5, 0.6) is 5.75 Å². The fourth-order valence-corrected chi connectivity index (χ4v) is 3.59. The zero-order valence-corrected chi connectivity index (χ0v) is 18.9. The number of amides is 2. The number of fused-ring (bicyclic) bond motifs is 2. The molecule has 0 radical (unpaired) electrons. The number of carbonyl (C=O) groups is 2. The molecule has 0 unspecified atom stereocenters. The van der Waals surface area contributed by atoms with E-state index in [2.05, 4.69) is 29.1 Å². The standard InChI is InChI=1S/C25H28N4O3/c1-16(2)11-12-29-21-13-17(9-10-22(21)32-15-25(3,4)24(29)31)27-23(30)20-14-26-18-7-5-6-8-19(18)28-20/h5-10,13-14,16H,11-12,15H2,1-4H3,(H,27,30). The molecule has 1 aliphatic heterocycles. The van der Waals surface area contributed by atoms with E-state index >= 15 is 0 Å². The summed E-state index contributed by atoms with van der Waals surface area (Å²) in [5.41, 5.74) is 2.21. The van der Waals surface area contributed by atoms with Gasteiger partial charge in [-0.05, 0) is 56.5 Å². The second-order valence-corrected chi connectivity index (χ2v) is 9.19. The number of aromatic nitrogens is 2. The SMILES string of the molecule is CC(C)CCN1C(=O)C(C)(C)COc2ccc(NC(=O)c3cnc4ccccc4n3)cc21. The minimum atomic E-state index is -0.639. The zero-order chi connectivity index (χ0) is 22.9. The summed E-state index contributed by atoms with van der Waals surface area (Å²) in [5, 5.41) is 2.88. The second-order valence-electron chi connectivity index (χ2n) is 9.19. The highest BCUT2D eigenvalue weighted by Gasteiger charge is 2.37. The van der Waals surface area contributed by atoms with Gasteiger partial charge in [0.2, 0.25) is 5.91 Å². The summed E-state index contributed by atoms with van der Waals surface area (Å²) in [7, 11) is 0. The Kier molecular flexibility index (Phi) is 5.82. The molecule has 3 aromatic rings. The monoisotopic (exact) mass is 432 g/mol. The van der Waals surface area contributed by atoms with E-state index in [4.69, 9.17) is 4.74 Å². The Balaban J connectivity index is 1.63. The molecular weight excluding hydrogens is 404 g/mol. The van der Waals surface area contributed by atoms with Crippen LogP contribution in [-0.2, 0) is 4.79 Å². The maximum Gasteiger partial charge on any atom is 0.275 e. The third kappa shape index (κ3) is 4.42. The molecular formula is C25H28N4O3. The van der Waals surface area contributed by atoms with Crippen LogP contribution in [0.15, 0.2) is 48.7 Å². The lowest BCUT2D eigenvalue weighted by molar-refractivity contribution is -0.127. The Morgan fingerprint density at radius 1 is 1.19 bits per heavy atom. The van der Waals surface area contributed by atoms with Gasteiger partial charge in [-0.25, -0.2) is 4.98 Å². The fraction of sp³-hybridized carbons (Fsp3) is 0.360. The maximum absolute atomic E-state index is 13.3. The van der Waals surface area contributed by atoms with Crippen LogP contribution in [-0.4, -0.2) is 34.9 Å². The van der Waals surface area contributed by atoms with E-state index in [-0.39, 0.29) is 17.5 Å². The van der Waals surface area contributed by atoms with Crippen molar-refractivity contribution < 1.29 is 14.3 Å². The average molecular weight is 433 g/mol. The summed E-state index contributed by atoms with van der Waals surface area (Å²) in [4.78, 5) is 36.6. The number of anilines is 2. The van der Waals surface area contributed by atoms with E-state index in [0.717, 1.165) is 11.9 Å². The predicted molar refractivity (Wildman–Crippen MR) is 125 cm³/mol. The summed E-state index contributed by atoms with van der Waals surface area (Å²) >= 11 is 0. The summed E-state index contributed by atoms with van der Waals surface area (Å²) in [6.07, 6.45) is 2.33. The van der Waals surface area contributed by atoms with Gasteiger partial charge in [0.15, 0.2) is 0 Å². The number of hydrogen-bond acceptors (Lipinski definition) is 5. The predicted octanol–water partition coefficient (Wildman–Crippen LogP) is 4.68. The Labute approximate surface area is 187 Å². The Morgan fingerprint density at radius 2 is 1.94 bits per heavy atom. The van der Waals surface area contributed by atoms with Crippen molar-refractivity contribution in [2.75, 3.05) is 23.4 Å². The molecule has 1 N–H and O–H groups in total. The van der Waals surface area contributed by atoms with Crippen LogP contribution >= 0.6 is 0 Å². The topological polar surface area (TPSA) is 84.4 Å². The summed E-state index contributed by atoms with van der Waals surface area (Å²) in [5.74, 6) is 0.739. The molecule has 0 saturated heterocycles. The molecule has 2 heterocycles.